The maximum atomic E-state index is 12.7. The van der Waals surface area contributed by atoms with Crippen molar-refractivity contribution in [3.63, 3.8) is 0 Å². The molecule has 33 heavy (non-hydrogen) atoms. The van der Waals surface area contributed by atoms with Gasteiger partial charge in [-0.05, 0) is 19.4 Å². The van der Waals surface area contributed by atoms with Crippen LogP contribution in [0.5, 0.6) is 0 Å². The van der Waals surface area contributed by atoms with E-state index in [0.29, 0.717) is 5.76 Å². The molecule has 4 N–H and O–H groups in total. The summed E-state index contributed by atoms with van der Waals surface area (Å²) in [7, 11) is 1.39. The molecule has 2 heterocycles. The second-order valence-corrected chi connectivity index (χ2v) is 8.61. The van der Waals surface area contributed by atoms with Gasteiger partial charge in [-0.1, -0.05) is 35.5 Å². The normalized spacial score (nSPS) is 11.7. The van der Waals surface area contributed by atoms with Gasteiger partial charge >= 0.3 is 5.69 Å². The maximum Gasteiger partial charge on any atom is 0.330 e. The zero-order valence-electron chi connectivity index (χ0n) is 18.3. The Morgan fingerprint density at radius 1 is 1.30 bits per heavy atom. The van der Waals surface area contributed by atoms with E-state index in [1.165, 1.54) is 11.6 Å². The molecule has 174 valence electrons. The van der Waals surface area contributed by atoms with Gasteiger partial charge in [0.25, 0.3) is 5.56 Å². The van der Waals surface area contributed by atoms with Crippen molar-refractivity contribution in [1.82, 2.24) is 14.7 Å². The van der Waals surface area contributed by atoms with Crippen molar-refractivity contribution >= 4 is 40.9 Å². The Balaban J connectivity index is 1.70. The van der Waals surface area contributed by atoms with Crippen LogP contribution in [-0.2, 0) is 16.1 Å². The van der Waals surface area contributed by atoms with E-state index >= 15 is 0 Å². The lowest BCUT2D eigenvalue weighted by molar-refractivity contribution is -0.116. The molecule has 3 aromatic rings. The van der Waals surface area contributed by atoms with E-state index in [0.717, 1.165) is 22.2 Å². The number of hydrogen-bond acceptors (Lipinski definition) is 8. The summed E-state index contributed by atoms with van der Waals surface area (Å²) in [6.45, 7) is 3.47. The van der Waals surface area contributed by atoms with Gasteiger partial charge in [-0.15, -0.1) is 11.8 Å². The molecular formula is C21H24N6O5S. The van der Waals surface area contributed by atoms with Crippen LogP contribution in [0.4, 0.5) is 17.3 Å². The highest BCUT2D eigenvalue weighted by atomic mass is 32.2. The number of thioether (sulfide) groups is 1. The summed E-state index contributed by atoms with van der Waals surface area (Å²) in [5, 5.41) is 5.71. The number of hydrogen-bond donors (Lipinski definition) is 3. The van der Waals surface area contributed by atoms with Crippen LogP contribution < -0.4 is 27.2 Å². The van der Waals surface area contributed by atoms with Gasteiger partial charge in [0.1, 0.15) is 11.6 Å². The van der Waals surface area contributed by atoms with Crippen LogP contribution >= 0.6 is 11.8 Å². The van der Waals surface area contributed by atoms with Crippen LogP contribution in [0, 0.1) is 6.92 Å². The molecule has 0 bridgehead atoms. The highest BCUT2D eigenvalue weighted by Gasteiger charge is 2.23. The number of nitrogens with zero attached hydrogens (tertiary/aromatic N) is 3. The number of benzene rings is 1. The van der Waals surface area contributed by atoms with Crippen LogP contribution in [0.3, 0.4) is 0 Å². The standard InChI is InChI=1S/C21H24N6O5S/c1-12-9-15(25-32-12)23-19(29)13(2)33-11-16(28)26(3)17-18(22)27(21(31)24-20(17)30)10-14-7-5-4-6-8-14/h4-9,13H,10-11,22H2,1-3H3,(H,23,25,29)(H,24,30,31). The third-order valence-electron chi connectivity index (χ3n) is 4.81. The number of carbonyl (C=O) groups excluding carboxylic acids is 2. The first-order valence-corrected chi connectivity index (χ1v) is 11.0. The number of carbonyl (C=O) groups is 2. The van der Waals surface area contributed by atoms with Crippen molar-refractivity contribution in [2.45, 2.75) is 25.6 Å². The lowest BCUT2D eigenvalue weighted by Crippen LogP contribution is -2.40. The number of aromatic nitrogens is 3. The predicted molar refractivity (Wildman–Crippen MR) is 126 cm³/mol. The Bertz CT molecular complexity index is 1270. The monoisotopic (exact) mass is 472 g/mol. The second-order valence-electron chi connectivity index (χ2n) is 7.28. The third kappa shape index (κ3) is 5.71. The number of aryl methyl sites for hydroxylation is 1. The second kappa shape index (κ2) is 10.2. The molecule has 0 radical (unpaired) electrons. The SMILES string of the molecule is Cc1cc(NC(=O)C(C)SCC(=O)N(C)c2c(N)n(Cc3ccccc3)c(=O)[nH]c2=O)no1. The number of aromatic amines is 1. The summed E-state index contributed by atoms with van der Waals surface area (Å²) >= 11 is 1.08. The van der Waals surface area contributed by atoms with Gasteiger partial charge in [0.15, 0.2) is 11.5 Å². The zero-order valence-corrected chi connectivity index (χ0v) is 19.1. The van der Waals surface area contributed by atoms with E-state index in [9.17, 15) is 19.2 Å². The van der Waals surface area contributed by atoms with Crippen molar-refractivity contribution in [1.29, 1.82) is 0 Å². The molecule has 1 aromatic carbocycles. The molecular weight excluding hydrogens is 448 g/mol. The van der Waals surface area contributed by atoms with Crippen LogP contribution in [0.1, 0.15) is 18.2 Å². The molecule has 2 amide bonds. The number of amides is 2. The molecule has 1 atom stereocenters. The molecule has 0 saturated carbocycles. The van der Waals surface area contributed by atoms with Gasteiger partial charge in [0, 0.05) is 13.1 Å². The number of nitrogen functional groups attached to an aromatic ring is 1. The van der Waals surface area contributed by atoms with Gasteiger partial charge in [-0.25, -0.2) is 4.79 Å². The van der Waals surface area contributed by atoms with Gasteiger partial charge in [-0.3, -0.25) is 23.9 Å². The Morgan fingerprint density at radius 2 is 2.00 bits per heavy atom. The first-order chi connectivity index (χ1) is 15.7. The minimum absolute atomic E-state index is 0.0976. The minimum atomic E-state index is -0.769. The van der Waals surface area contributed by atoms with Crippen LogP contribution in [0.25, 0.3) is 0 Å². The first-order valence-electron chi connectivity index (χ1n) is 9.96. The molecule has 11 nitrogen and oxygen atoms in total. The van der Waals surface area contributed by atoms with E-state index in [-0.39, 0.29) is 35.5 Å². The molecule has 0 spiro atoms. The zero-order chi connectivity index (χ0) is 24.1. The lowest BCUT2D eigenvalue weighted by atomic mass is 10.2. The summed E-state index contributed by atoms with van der Waals surface area (Å²) in [6, 6.07) is 10.7. The van der Waals surface area contributed by atoms with Crippen molar-refractivity contribution in [2.75, 3.05) is 28.8 Å². The fraction of sp³-hybridized carbons (Fsp3) is 0.286. The van der Waals surface area contributed by atoms with E-state index in [2.05, 4.69) is 15.5 Å². The number of anilines is 3. The van der Waals surface area contributed by atoms with Crippen LogP contribution in [0.15, 0.2) is 50.5 Å². The van der Waals surface area contributed by atoms with Gasteiger partial charge in [0.05, 0.1) is 17.5 Å². The fourth-order valence-electron chi connectivity index (χ4n) is 2.97. The Kier molecular flexibility index (Phi) is 7.38. The Labute approximate surface area is 192 Å². The highest BCUT2D eigenvalue weighted by molar-refractivity contribution is 8.01. The molecule has 0 saturated heterocycles. The Morgan fingerprint density at radius 3 is 2.64 bits per heavy atom. The maximum absolute atomic E-state index is 12.7. The van der Waals surface area contributed by atoms with Crippen molar-refractivity contribution in [2.24, 2.45) is 0 Å². The third-order valence-corrected chi connectivity index (χ3v) is 5.94. The van der Waals surface area contributed by atoms with E-state index in [1.807, 2.05) is 30.3 Å². The number of rotatable bonds is 8. The largest absolute Gasteiger partial charge is 0.383 e. The Hall–Kier alpha value is -3.80. The number of nitrogens with one attached hydrogen (secondary N) is 2. The summed E-state index contributed by atoms with van der Waals surface area (Å²) in [5.41, 5.74) is 5.35. The molecule has 0 aliphatic rings. The average molecular weight is 473 g/mol. The summed E-state index contributed by atoms with van der Waals surface area (Å²) in [4.78, 5) is 53.1. The fourth-order valence-corrected chi connectivity index (χ4v) is 3.77. The van der Waals surface area contributed by atoms with E-state index < -0.39 is 22.4 Å². The van der Waals surface area contributed by atoms with Gasteiger partial charge in [0.2, 0.25) is 11.8 Å². The van der Waals surface area contributed by atoms with Crippen molar-refractivity contribution < 1.29 is 14.1 Å². The van der Waals surface area contributed by atoms with E-state index in [4.69, 9.17) is 10.3 Å². The highest BCUT2D eigenvalue weighted by Crippen LogP contribution is 2.19. The molecule has 1 unspecified atom stereocenters. The van der Waals surface area contributed by atoms with Gasteiger partial charge in [-0.2, -0.15) is 0 Å². The summed E-state index contributed by atoms with van der Waals surface area (Å²) in [5.74, 6) is -0.191. The van der Waals surface area contributed by atoms with Crippen molar-refractivity contribution in [3.05, 3.63) is 68.6 Å². The molecule has 0 fully saturated rings. The minimum Gasteiger partial charge on any atom is -0.383 e. The predicted octanol–water partition coefficient (Wildman–Crippen LogP) is 1.19. The van der Waals surface area contributed by atoms with Crippen molar-refractivity contribution in [3.8, 4) is 0 Å². The first kappa shape index (κ1) is 23.9. The molecule has 0 aliphatic heterocycles. The average Bonchev–Trinajstić information content (AvgIpc) is 3.19. The lowest BCUT2D eigenvalue weighted by Gasteiger charge is -2.21. The number of nitrogens with two attached hydrogens (primary N) is 1. The van der Waals surface area contributed by atoms with Crippen LogP contribution in [0.2, 0.25) is 0 Å². The van der Waals surface area contributed by atoms with Crippen LogP contribution in [-0.4, -0.2) is 44.6 Å². The molecule has 3 rings (SSSR count). The molecule has 2 aromatic heterocycles. The number of H-pyrrole nitrogens is 1. The van der Waals surface area contributed by atoms with E-state index in [1.54, 1.807) is 19.9 Å². The smallest absolute Gasteiger partial charge is 0.330 e. The molecule has 0 aliphatic carbocycles. The summed E-state index contributed by atoms with van der Waals surface area (Å²) in [6.07, 6.45) is 0. The summed E-state index contributed by atoms with van der Waals surface area (Å²) < 4.78 is 6.09. The topological polar surface area (TPSA) is 156 Å². The van der Waals surface area contributed by atoms with Gasteiger partial charge < -0.3 is 20.5 Å². The molecule has 12 heteroatoms. The quantitative estimate of drug-likeness (QED) is 0.441.